The minimum Gasteiger partial charge on any atom is -0.300 e. The molecule has 0 spiro atoms. The molecule has 3 heterocycles. The monoisotopic (exact) mass is 472 g/mol. The van der Waals surface area contributed by atoms with Crippen LogP contribution in [0.5, 0.6) is 0 Å². The van der Waals surface area contributed by atoms with Gasteiger partial charge in [-0.1, -0.05) is 18.2 Å². The molecule has 3 aromatic rings. The Hall–Kier alpha value is -3.35. The summed E-state index contributed by atoms with van der Waals surface area (Å²) in [6.45, 7) is -0.432. The lowest BCUT2D eigenvalue weighted by Gasteiger charge is -2.11. The van der Waals surface area contributed by atoms with E-state index in [1.807, 2.05) is 17.5 Å². The highest BCUT2D eigenvalue weighted by molar-refractivity contribution is 8.18. The Kier molecular flexibility index (Phi) is 5.93. The molecule has 0 atom stereocenters. The van der Waals surface area contributed by atoms with Crippen molar-refractivity contribution in [1.82, 2.24) is 9.88 Å². The molecule has 1 aliphatic rings. The number of carbonyl (C=O) groups excluding carboxylic acids is 3. The van der Waals surface area contributed by atoms with Gasteiger partial charge in [-0.3, -0.25) is 29.4 Å². The number of nitro groups is 1. The van der Waals surface area contributed by atoms with Crippen LogP contribution in [0.4, 0.5) is 15.6 Å². The molecule has 1 aliphatic heterocycles. The lowest BCUT2D eigenvalue weighted by molar-refractivity contribution is -0.384. The van der Waals surface area contributed by atoms with E-state index in [2.05, 4.69) is 10.3 Å². The largest absolute Gasteiger partial charge is 0.300 e. The average molecular weight is 473 g/mol. The molecule has 2 aromatic heterocycles. The van der Waals surface area contributed by atoms with Gasteiger partial charge in [-0.05, 0) is 29.3 Å². The van der Waals surface area contributed by atoms with Crippen LogP contribution in [0.25, 0.3) is 17.3 Å². The van der Waals surface area contributed by atoms with E-state index in [1.54, 1.807) is 23.6 Å². The lowest BCUT2D eigenvalue weighted by atomic mass is 10.1. The van der Waals surface area contributed by atoms with Crippen LogP contribution in [0.15, 0.2) is 52.1 Å². The van der Waals surface area contributed by atoms with E-state index in [0.717, 1.165) is 32.9 Å². The molecule has 12 heteroatoms. The van der Waals surface area contributed by atoms with Crippen LogP contribution in [0.3, 0.4) is 0 Å². The summed E-state index contributed by atoms with van der Waals surface area (Å²) >= 11 is 3.36. The highest BCUT2D eigenvalue weighted by Gasteiger charge is 2.36. The third-order valence-electron chi connectivity index (χ3n) is 4.10. The van der Waals surface area contributed by atoms with Crippen molar-refractivity contribution in [3.05, 3.63) is 67.1 Å². The fraction of sp³-hybridized carbons (Fsp3) is 0.0526. The summed E-state index contributed by atoms with van der Waals surface area (Å²) in [6, 6.07) is 9.65. The van der Waals surface area contributed by atoms with Gasteiger partial charge in [-0.15, -0.1) is 22.7 Å². The summed E-state index contributed by atoms with van der Waals surface area (Å²) in [5.74, 6) is -1.09. The summed E-state index contributed by atoms with van der Waals surface area (Å²) in [6.07, 6.45) is 1.62. The number of amides is 3. The SMILES string of the molecule is O=C(CN1C(=O)S/C(=C\c2cccs2)C1=O)Nc1nc(-c2cccc([N+](=O)[O-])c2)cs1. The zero-order valence-corrected chi connectivity index (χ0v) is 18.0. The standard InChI is InChI=1S/C19H12N4O5S3/c24-16(9-22-17(25)15(31-19(22)26)8-13-5-2-6-29-13)21-18-20-14(10-30-18)11-3-1-4-12(7-11)23(27)28/h1-8,10H,9H2,(H,20,21,24)/b15-8-. The summed E-state index contributed by atoms with van der Waals surface area (Å²) in [5.41, 5.74) is 0.940. The first-order valence-electron chi connectivity index (χ1n) is 8.70. The first-order chi connectivity index (χ1) is 14.9. The highest BCUT2D eigenvalue weighted by atomic mass is 32.2. The summed E-state index contributed by atoms with van der Waals surface area (Å²) in [5, 5.41) is 16.7. The Bertz CT molecular complexity index is 1220. The van der Waals surface area contributed by atoms with Gasteiger partial charge in [0.15, 0.2) is 5.13 Å². The maximum absolute atomic E-state index is 12.5. The van der Waals surface area contributed by atoms with Gasteiger partial charge in [0, 0.05) is 28.0 Å². The third kappa shape index (κ3) is 4.71. The predicted octanol–water partition coefficient (Wildman–Crippen LogP) is 4.45. The number of thiazole rings is 1. The molecule has 1 aromatic carbocycles. The second-order valence-electron chi connectivity index (χ2n) is 6.18. The topological polar surface area (TPSA) is 123 Å². The Morgan fingerprint density at radius 1 is 1.23 bits per heavy atom. The van der Waals surface area contributed by atoms with E-state index in [9.17, 15) is 24.5 Å². The van der Waals surface area contributed by atoms with Crippen molar-refractivity contribution in [1.29, 1.82) is 0 Å². The number of nitrogens with one attached hydrogen (secondary N) is 1. The van der Waals surface area contributed by atoms with Crippen LogP contribution in [0.1, 0.15) is 4.88 Å². The zero-order valence-electron chi connectivity index (χ0n) is 15.5. The zero-order chi connectivity index (χ0) is 22.0. The van der Waals surface area contributed by atoms with Crippen molar-refractivity contribution < 1.29 is 19.3 Å². The quantitative estimate of drug-likeness (QED) is 0.319. The van der Waals surface area contributed by atoms with Crippen molar-refractivity contribution in [3.8, 4) is 11.3 Å². The number of carbonyl (C=O) groups is 3. The number of thioether (sulfide) groups is 1. The Balaban J connectivity index is 1.42. The molecule has 31 heavy (non-hydrogen) atoms. The number of benzene rings is 1. The number of hydrogen-bond acceptors (Lipinski definition) is 9. The van der Waals surface area contributed by atoms with Crippen LogP contribution < -0.4 is 5.32 Å². The molecular formula is C19H12N4O5S3. The molecule has 3 amide bonds. The second kappa shape index (κ2) is 8.79. The van der Waals surface area contributed by atoms with Gasteiger partial charge in [-0.25, -0.2) is 4.98 Å². The molecule has 1 saturated heterocycles. The molecule has 0 radical (unpaired) electrons. The Morgan fingerprint density at radius 3 is 2.81 bits per heavy atom. The van der Waals surface area contributed by atoms with Crippen molar-refractivity contribution in [2.75, 3.05) is 11.9 Å². The minimum atomic E-state index is -0.570. The van der Waals surface area contributed by atoms with Crippen molar-refractivity contribution in [3.63, 3.8) is 0 Å². The van der Waals surface area contributed by atoms with E-state index in [1.165, 1.54) is 23.5 Å². The fourth-order valence-corrected chi connectivity index (χ4v) is 4.98. The van der Waals surface area contributed by atoms with E-state index in [0.29, 0.717) is 11.3 Å². The molecule has 9 nitrogen and oxygen atoms in total. The minimum absolute atomic E-state index is 0.0638. The second-order valence-corrected chi connectivity index (χ2v) is 9.01. The van der Waals surface area contributed by atoms with E-state index >= 15 is 0 Å². The fourth-order valence-electron chi connectivity index (χ4n) is 2.68. The highest BCUT2D eigenvalue weighted by Crippen LogP contribution is 2.33. The first-order valence-corrected chi connectivity index (χ1v) is 11.3. The van der Waals surface area contributed by atoms with Gasteiger partial charge in [0.2, 0.25) is 5.91 Å². The van der Waals surface area contributed by atoms with Crippen LogP contribution in [0.2, 0.25) is 0 Å². The molecule has 1 fully saturated rings. The lowest BCUT2D eigenvalue weighted by Crippen LogP contribution is -2.36. The predicted molar refractivity (Wildman–Crippen MR) is 120 cm³/mol. The third-order valence-corrected chi connectivity index (χ3v) is 6.58. The number of imide groups is 1. The summed E-state index contributed by atoms with van der Waals surface area (Å²) in [7, 11) is 0. The number of hydrogen-bond donors (Lipinski definition) is 1. The number of rotatable bonds is 6. The van der Waals surface area contributed by atoms with Crippen molar-refractivity contribution >= 4 is 68.4 Å². The summed E-state index contributed by atoms with van der Waals surface area (Å²) in [4.78, 5) is 53.7. The number of non-ortho nitro benzene ring substituents is 1. The van der Waals surface area contributed by atoms with Gasteiger partial charge in [0.25, 0.3) is 16.8 Å². The molecule has 1 N–H and O–H groups in total. The van der Waals surface area contributed by atoms with Gasteiger partial charge >= 0.3 is 0 Å². The van der Waals surface area contributed by atoms with Gasteiger partial charge in [0.1, 0.15) is 6.54 Å². The van der Waals surface area contributed by atoms with Crippen molar-refractivity contribution in [2.24, 2.45) is 0 Å². The van der Waals surface area contributed by atoms with E-state index in [4.69, 9.17) is 0 Å². The van der Waals surface area contributed by atoms with Gasteiger partial charge < -0.3 is 5.32 Å². The van der Waals surface area contributed by atoms with Crippen LogP contribution >= 0.6 is 34.4 Å². The molecular weight excluding hydrogens is 460 g/mol. The van der Waals surface area contributed by atoms with Gasteiger partial charge in [-0.2, -0.15) is 0 Å². The number of aromatic nitrogens is 1. The van der Waals surface area contributed by atoms with Crippen LogP contribution in [-0.4, -0.2) is 38.4 Å². The average Bonchev–Trinajstić information content (AvgIpc) is 3.47. The summed E-state index contributed by atoms with van der Waals surface area (Å²) < 4.78 is 0. The Morgan fingerprint density at radius 2 is 2.06 bits per heavy atom. The molecule has 0 unspecified atom stereocenters. The number of anilines is 1. The van der Waals surface area contributed by atoms with Crippen LogP contribution in [0, 0.1) is 10.1 Å². The molecule has 0 aliphatic carbocycles. The number of nitrogens with zero attached hydrogens (tertiary/aromatic N) is 3. The van der Waals surface area contributed by atoms with Crippen molar-refractivity contribution in [2.45, 2.75) is 0 Å². The first kappa shape index (κ1) is 20.9. The number of thiophene rings is 1. The van der Waals surface area contributed by atoms with Crippen LogP contribution in [-0.2, 0) is 9.59 Å². The normalized spacial score (nSPS) is 15.0. The maximum atomic E-state index is 12.5. The molecule has 0 saturated carbocycles. The van der Waals surface area contributed by atoms with E-state index < -0.39 is 28.5 Å². The van der Waals surface area contributed by atoms with E-state index in [-0.39, 0.29) is 15.7 Å². The Labute approximate surface area is 187 Å². The van der Waals surface area contributed by atoms with Gasteiger partial charge in [0.05, 0.1) is 15.5 Å². The molecule has 0 bridgehead atoms. The maximum Gasteiger partial charge on any atom is 0.294 e. The smallest absolute Gasteiger partial charge is 0.294 e. The molecule has 156 valence electrons. The number of nitro benzene ring substituents is 1. The molecule has 4 rings (SSSR count).